The van der Waals surface area contributed by atoms with E-state index in [-0.39, 0.29) is 22.9 Å². The van der Waals surface area contributed by atoms with Crippen LogP contribution in [0.15, 0.2) is 53.6 Å². The first-order valence-corrected chi connectivity index (χ1v) is 11.6. The summed E-state index contributed by atoms with van der Waals surface area (Å²) in [7, 11) is -3.57. The summed E-state index contributed by atoms with van der Waals surface area (Å²) in [4.78, 5) is 17.2. The van der Waals surface area contributed by atoms with E-state index in [0.29, 0.717) is 17.0 Å². The Morgan fingerprint density at radius 1 is 1.07 bits per heavy atom. The number of benzene rings is 1. The zero-order valence-electron chi connectivity index (χ0n) is 17.4. The summed E-state index contributed by atoms with van der Waals surface area (Å²) in [6.07, 6.45) is 4.48. The minimum Gasteiger partial charge on any atom is -0.321 e. The van der Waals surface area contributed by atoms with Crippen molar-refractivity contribution in [2.24, 2.45) is 0 Å². The molecule has 1 aromatic carbocycles. The number of anilines is 1. The number of aromatic nitrogens is 2. The number of hydrogen-bond acceptors (Lipinski definition) is 4. The first kappa shape index (κ1) is 20.6. The van der Waals surface area contributed by atoms with Crippen molar-refractivity contribution in [3.63, 3.8) is 0 Å². The predicted molar refractivity (Wildman–Crippen MR) is 116 cm³/mol. The van der Waals surface area contributed by atoms with E-state index in [4.69, 9.17) is 0 Å². The van der Waals surface area contributed by atoms with Crippen LogP contribution in [0.2, 0.25) is 0 Å². The summed E-state index contributed by atoms with van der Waals surface area (Å²) >= 11 is 0. The number of piperidine rings is 1. The lowest BCUT2D eigenvalue weighted by molar-refractivity contribution is 0.102. The van der Waals surface area contributed by atoms with Gasteiger partial charge in [0, 0.05) is 29.7 Å². The smallest absolute Gasteiger partial charge is 0.275 e. The van der Waals surface area contributed by atoms with Crippen molar-refractivity contribution in [3.8, 4) is 0 Å². The molecule has 0 bridgehead atoms. The summed E-state index contributed by atoms with van der Waals surface area (Å²) < 4.78 is 29.7. The standard InChI is InChI=1S/C22H26N4O3S/c1-15-6-5-9-21-24-20(14-25(15)21)22(27)23-18-10-12-19(13-11-18)30(28,29)26-16(2)7-4-8-17(26)3/h5-6,9-14,16-17H,4,7-8H2,1-3H3,(H,23,27). The van der Waals surface area contributed by atoms with Crippen LogP contribution in [0, 0.1) is 6.92 Å². The van der Waals surface area contributed by atoms with Crippen LogP contribution in [0.4, 0.5) is 5.69 Å². The number of pyridine rings is 1. The molecule has 0 aliphatic carbocycles. The molecule has 1 N–H and O–H groups in total. The van der Waals surface area contributed by atoms with Crippen molar-refractivity contribution in [3.05, 3.63) is 60.0 Å². The molecule has 3 aromatic rings. The molecule has 7 nitrogen and oxygen atoms in total. The van der Waals surface area contributed by atoms with Gasteiger partial charge in [-0.25, -0.2) is 13.4 Å². The Hall–Kier alpha value is -2.71. The minimum atomic E-state index is -3.57. The zero-order chi connectivity index (χ0) is 21.5. The zero-order valence-corrected chi connectivity index (χ0v) is 18.2. The summed E-state index contributed by atoms with van der Waals surface area (Å²) in [5.41, 5.74) is 2.51. The average molecular weight is 427 g/mol. The number of amides is 1. The number of aryl methyl sites for hydroxylation is 1. The molecular formula is C22H26N4O3S. The van der Waals surface area contributed by atoms with E-state index in [1.807, 2.05) is 43.4 Å². The van der Waals surface area contributed by atoms with E-state index in [9.17, 15) is 13.2 Å². The van der Waals surface area contributed by atoms with Crippen LogP contribution in [-0.4, -0.2) is 40.1 Å². The lowest BCUT2D eigenvalue weighted by atomic mass is 10.0. The van der Waals surface area contributed by atoms with E-state index in [0.717, 1.165) is 25.0 Å². The van der Waals surface area contributed by atoms with Gasteiger partial charge in [-0.1, -0.05) is 12.5 Å². The van der Waals surface area contributed by atoms with E-state index in [1.165, 1.54) is 0 Å². The molecule has 1 aliphatic heterocycles. The number of nitrogens with one attached hydrogen (secondary N) is 1. The van der Waals surface area contributed by atoms with Crippen LogP contribution in [-0.2, 0) is 10.0 Å². The third kappa shape index (κ3) is 3.73. The maximum atomic E-state index is 13.1. The molecule has 158 valence electrons. The second-order valence-electron chi connectivity index (χ2n) is 7.96. The van der Waals surface area contributed by atoms with Crippen molar-refractivity contribution in [1.29, 1.82) is 0 Å². The van der Waals surface area contributed by atoms with Crippen molar-refractivity contribution >= 4 is 27.3 Å². The molecule has 2 aromatic heterocycles. The van der Waals surface area contributed by atoms with Crippen LogP contribution >= 0.6 is 0 Å². The molecule has 2 atom stereocenters. The second kappa shape index (κ2) is 7.85. The van der Waals surface area contributed by atoms with Crippen molar-refractivity contribution in [1.82, 2.24) is 13.7 Å². The number of hydrogen-bond donors (Lipinski definition) is 1. The molecular weight excluding hydrogens is 400 g/mol. The van der Waals surface area contributed by atoms with Gasteiger partial charge < -0.3 is 9.72 Å². The number of carbonyl (C=O) groups is 1. The van der Waals surface area contributed by atoms with Crippen LogP contribution < -0.4 is 5.32 Å². The summed E-state index contributed by atoms with van der Waals surface area (Å²) in [6, 6.07) is 12.0. The van der Waals surface area contributed by atoms with E-state index in [1.54, 1.807) is 34.8 Å². The van der Waals surface area contributed by atoms with Crippen LogP contribution in [0.5, 0.6) is 0 Å². The monoisotopic (exact) mass is 426 g/mol. The maximum Gasteiger partial charge on any atom is 0.275 e. The van der Waals surface area contributed by atoms with Crippen LogP contribution in [0.1, 0.15) is 49.3 Å². The molecule has 1 aliphatic rings. The number of carbonyl (C=O) groups excluding carboxylic acids is 1. The van der Waals surface area contributed by atoms with Crippen molar-refractivity contribution in [2.45, 2.75) is 57.0 Å². The Balaban J connectivity index is 1.53. The van der Waals surface area contributed by atoms with Crippen LogP contribution in [0.3, 0.4) is 0 Å². The minimum absolute atomic E-state index is 0.0170. The highest BCUT2D eigenvalue weighted by Gasteiger charge is 2.35. The van der Waals surface area contributed by atoms with Gasteiger partial charge in [0.2, 0.25) is 10.0 Å². The molecule has 3 heterocycles. The maximum absolute atomic E-state index is 13.1. The normalized spacial score (nSPS) is 20.4. The molecule has 1 saturated heterocycles. The average Bonchev–Trinajstić information content (AvgIpc) is 3.14. The van der Waals surface area contributed by atoms with Gasteiger partial charge >= 0.3 is 0 Å². The summed E-state index contributed by atoms with van der Waals surface area (Å²) in [6.45, 7) is 5.86. The topological polar surface area (TPSA) is 83.8 Å². The largest absolute Gasteiger partial charge is 0.321 e. The Labute approximate surface area is 176 Å². The third-order valence-corrected chi connectivity index (χ3v) is 7.87. The molecule has 0 radical (unpaired) electrons. The van der Waals surface area contributed by atoms with Gasteiger partial charge in [-0.2, -0.15) is 4.31 Å². The van der Waals surface area contributed by atoms with Gasteiger partial charge in [-0.15, -0.1) is 0 Å². The SMILES string of the molecule is Cc1cccc2nc(C(=O)Nc3ccc(S(=O)(=O)N4C(C)CCCC4C)cc3)cn12. The third-order valence-electron chi connectivity index (χ3n) is 5.73. The van der Waals surface area contributed by atoms with Gasteiger partial charge in [0.25, 0.3) is 5.91 Å². The van der Waals surface area contributed by atoms with E-state index >= 15 is 0 Å². The quantitative estimate of drug-likeness (QED) is 0.687. The molecule has 2 unspecified atom stereocenters. The summed E-state index contributed by atoms with van der Waals surface area (Å²) in [5.74, 6) is -0.341. The number of sulfonamides is 1. The van der Waals surface area contributed by atoms with Crippen molar-refractivity contribution in [2.75, 3.05) is 5.32 Å². The first-order valence-electron chi connectivity index (χ1n) is 10.2. The van der Waals surface area contributed by atoms with Crippen LogP contribution in [0.25, 0.3) is 5.65 Å². The fourth-order valence-corrected chi connectivity index (χ4v) is 6.04. The lowest BCUT2D eigenvalue weighted by Crippen LogP contribution is -2.47. The van der Waals surface area contributed by atoms with Crippen molar-refractivity contribution < 1.29 is 13.2 Å². The number of rotatable bonds is 4. The molecule has 8 heteroatoms. The lowest BCUT2D eigenvalue weighted by Gasteiger charge is -2.37. The Bertz CT molecular complexity index is 1170. The number of nitrogens with zero attached hydrogens (tertiary/aromatic N) is 3. The highest BCUT2D eigenvalue weighted by Crippen LogP contribution is 2.30. The first-order chi connectivity index (χ1) is 14.3. The molecule has 30 heavy (non-hydrogen) atoms. The van der Waals surface area contributed by atoms with Gasteiger partial charge in [0.1, 0.15) is 11.3 Å². The Morgan fingerprint density at radius 3 is 2.37 bits per heavy atom. The molecule has 1 amide bonds. The molecule has 1 fully saturated rings. The molecule has 0 saturated carbocycles. The Kier molecular flexibility index (Phi) is 5.38. The van der Waals surface area contributed by atoms with Gasteiger partial charge in [0.05, 0.1) is 4.90 Å². The van der Waals surface area contributed by atoms with Gasteiger partial charge in [-0.3, -0.25) is 4.79 Å². The van der Waals surface area contributed by atoms with E-state index in [2.05, 4.69) is 10.3 Å². The molecule has 4 rings (SSSR count). The summed E-state index contributed by atoms with van der Waals surface area (Å²) in [5, 5.41) is 2.79. The second-order valence-corrected chi connectivity index (χ2v) is 9.81. The highest BCUT2D eigenvalue weighted by molar-refractivity contribution is 7.89. The number of fused-ring (bicyclic) bond motifs is 1. The Morgan fingerprint density at radius 2 is 1.73 bits per heavy atom. The van der Waals surface area contributed by atoms with Gasteiger partial charge in [-0.05, 0) is 70.0 Å². The van der Waals surface area contributed by atoms with Gasteiger partial charge in [0.15, 0.2) is 0 Å². The molecule has 0 spiro atoms. The fraction of sp³-hybridized carbons (Fsp3) is 0.364. The fourth-order valence-electron chi connectivity index (χ4n) is 4.16. The predicted octanol–water partition coefficient (Wildman–Crippen LogP) is 3.85. The highest BCUT2D eigenvalue weighted by atomic mass is 32.2. The van der Waals surface area contributed by atoms with E-state index < -0.39 is 10.0 Å². The number of imidazole rings is 1.